The number of nitrogens with zero attached hydrogens (tertiary/aromatic N) is 3. The molecule has 0 fully saturated rings. The predicted molar refractivity (Wildman–Crippen MR) is 131 cm³/mol. The van der Waals surface area contributed by atoms with Crippen LogP contribution in [0.1, 0.15) is 12.5 Å². The third kappa shape index (κ3) is 4.43. The van der Waals surface area contributed by atoms with Crippen LogP contribution >= 0.6 is 0 Å². The molecule has 0 saturated heterocycles. The summed E-state index contributed by atoms with van der Waals surface area (Å²) in [6.45, 7) is 2.63. The number of hydrogen-bond donors (Lipinski definition) is 1. The molecule has 0 spiro atoms. The fraction of sp³-hybridized carbons (Fsp3) is 0.154. The zero-order valence-corrected chi connectivity index (χ0v) is 19.1. The Bertz CT molecular complexity index is 1620. The van der Waals surface area contributed by atoms with Crippen molar-refractivity contribution in [3.8, 4) is 34.3 Å². The maximum atomic E-state index is 13.1. The van der Waals surface area contributed by atoms with Crippen LogP contribution in [0.4, 0.5) is 0 Å². The van der Waals surface area contributed by atoms with Gasteiger partial charge in [0.15, 0.2) is 0 Å². The number of fused-ring (bicyclic) bond motifs is 1. The van der Waals surface area contributed by atoms with Gasteiger partial charge in [-0.25, -0.2) is 4.79 Å². The number of nitrogens with one attached hydrogen (secondary N) is 1. The molecule has 0 saturated carbocycles. The highest BCUT2D eigenvalue weighted by atomic mass is 16.5. The maximum absolute atomic E-state index is 13.1. The lowest BCUT2D eigenvalue weighted by Crippen LogP contribution is -2.35. The summed E-state index contributed by atoms with van der Waals surface area (Å²) >= 11 is 0. The molecule has 0 amide bonds. The molecule has 0 unspecified atom stereocenters. The molecule has 0 aliphatic heterocycles. The van der Waals surface area contributed by atoms with E-state index in [0.29, 0.717) is 34.6 Å². The van der Waals surface area contributed by atoms with Crippen molar-refractivity contribution >= 4 is 10.9 Å². The molecule has 1 N–H and O–H groups in total. The SMILES string of the molecule is CCOc1ccc(-c2noc(-c3ccc4c(=O)n(Cc5cccc(OC)c5)c(=O)[nH]c4c3)n2)cc1. The fourth-order valence-electron chi connectivity index (χ4n) is 3.81. The van der Waals surface area contributed by atoms with Crippen LogP contribution < -0.4 is 20.7 Å². The van der Waals surface area contributed by atoms with Gasteiger partial charge in [-0.2, -0.15) is 4.98 Å². The molecule has 0 atom stereocenters. The summed E-state index contributed by atoms with van der Waals surface area (Å²) in [4.78, 5) is 33.1. The van der Waals surface area contributed by atoms with Crippen molar-refractivity contribution in [2.75, 3.05) is 13.7 Å². The average molecular weight is 470 g/mol. The molecule has 2 aromatic heterocycles. The molecule has 5 aromatic rings. The monoisotopic (exact) mass is 470 g/mol. The molecule has 0 aliphatic carbocycles. The van der Waals surface area contributed by atoms with Gasteiger partial charge >= 0.3 is 5.69 Å². The lowest BCUT2D eigenvalue weighted by Gasteiger charge is -2.08. The Morgan fingerprint density at radius 2 is 1.77 bits per heavy atom. The molecule has 5 rings (SSSR count). The first-order chi connectivity index (χ1) is 17.1. The van der Waals surface area contributed by atoms with E-state index in [0.717, 1.165) is 21.4 Å². The minimum Gasteiger partial charge on any atom is -0.497 e. The maximum Gasteiger partial charge on any atom is 0.329 e. The Kier molecular flexibility index (Phi) is 5.88. The van der Waals surface area contributed by atoms with E-state index in [1.807, 2.05) is 43.3 Å². The zero-order chi connectivity index (χ0) is 24.4. The molecule has 0 radical (unpaired) electrons. The third-order valence-corrected chi connectivity index (χ3v) is 5.55. The van der Waals surface area contributed by atoms with Gasteiger partial charge in [0.05, 0.1) is 31.2 Å². The van der Waals surface area contributed by atoms with Crippen molar-refractivity contribution in [3.63, 3.8) is 0 Å². The highest BCUT2D eigenvalue weighted by Gasteiger charge is 2.14. The summed E-state index contributed by atoms with van der Waals surface area (Å²) in [5, 5.41) is 4.43. The summed E-state index contributed by atoms with van der Waals surface area (Å²) in [7, 11) is 1.57. The van der Waals surface area contributed by atoms with Gasteiger partial charge in [-0.3, -0.25) is 9.36 Å². The smallest absolute Gasteiger partial charge is 0.329 e. The summed E-state index contributed by atoms with van der Waals surface area (Å²) in [6, 6.07) is 19.6. The number of methoxy groups -OCH3 is 1. The van der Waals surface area contributed by atoms with Gasteiger partial charge < -0.3 is 19.0 Å². The molecule has 35 heavy (non-hydrogen) atoms. The van der Waals surface area contributed by atoms with Crippen molar-refractivity contribution in [2.45, 2.75) is 13.5 Å². The Labute approximate surface area is 199 Å². The van der Waals surface area contributed by atoms with Crippen LogP contribution in [0.3, 0.4) is 0 Å². The van der Waals surface area contributed by atoms with E-state index in [-0.39, 0.29) is 12.4 Å². The van der Waals surface area contributed by atoms with Crippen LogP contribution in [0.5, 0.6) is 11.5 Å². The Morgan fingerprint density at radius 1 is 0.971 bits per heavy atom. The minimum absolute atomic E-state index is 0.123. The van der Waals surface area contributed by atoms with Crippen molar-refractivity contribution in [3.05, 3.63) is 93.1 Å². The van der Waals surface area contributed by atoms with Crippen LogP contribution in [0.2, 0.25) is 0 Å². The summed E-state index contributed by atoms with van der Waals surface area (Å²) in [6.07, 6.45) is 0. The second-order valence-corrected chi connectivity index (χ2v) is 7.81. The van der Waals surface area contributed by atoms with E-state index >= 15 is 0 Å². The highest BCUT2D eigenvalue weighted by Crippen LogP contribution is 2.25. The van der Waals surface area contributed by atoms with Crippen molar-refractivity contribution in [2.24, 2.45) is 0 Å². The minimum atomic E-state index is -0.511. The van der Waals surface area contributed by atoms with Gasteiger partial charge in [0.2, 0.25) is 5.82 Å². The van der Waals surface area contributed by atoms with E-state index < -0.39 is 11.2 Å². The number of H-pyrrole nitrogens is 1. The van der Waals surface area contributed by atoms with Crippen molar-refractivity contribution in [1.29, 1.82) is 0 Å². The molecular weight excluding hydrogens is 448 g/mol. The number of benzene rings is 3. The van der Waals surface area contributed by atoms with E-state index in [4.69, 9.17) is 14.0 Å². The summed E-state index contributed by atoms with van der Waals surface area (Å²) < 4.78 is 17.3. The van der Waals surface area contributed by atoms with E-state index in [9.17, 15) is 9.59 Å². The van der Waals surface area contributed by atoms with Gasteiger partial charge in [-0.1, -0.05) is 17.3 Å². The largest absolute Gasteiger partial charge is 0.497 e. The Hall–Kier alpha value is -4.66. The second-order valence-electron chi connectivity index (χ2n) is 7.81. The normalized spacial score (nSPS) is 11.0. The third-order valence-electron chi connectivity index (χ3n) is 5.55. The number of aromatic amines is 1. The highest BCUT2D eigenvalue weighted by molar-refractivity contribution is 5.82. The first kappa shape index (κ1) is 22.1. The fourth-order valence-corrected chi connectivity index (χ4v) is 3.81. The van der Waals surface area contributed by atoms with Gasteiger partial charge in [-0.05, 0) is 67.1 Å². The van der Waals surface area contributed by atoms with Gasteiger partial charge in [0, 0.05) is 11.1 Å². The quantitative estimate of drug-likeness (QED) is 0.384. The summed E-state index contributed by atoms with van der Waals surface area (Å²) in [5.74, 6) is 2.11. The van der Waals surface area contributed by atoms with Crippen molar-refractivity contribution in [1.82, 2.24) is 19.7 Å². The van der Waals surface area contributed by atoms with E-state index in [2.05, 4.69) is 15.1 Å². The van der Waals surface area contributed by atoms with Crippen LogP contribution in [0.15, 0.2) is 80.8 Å². The first-order valence-electron chi connectivity index (χ1n) is 11.0. The lowest BCUT2D eigenvalue weighted by atomic mass is 10.1. The van der Waals surface area contributed by atoms with Crippen LogP contribution in [-0.4, -0.2) is 33.4 Å². The molecule has 0 bridgehead atoms. The van der Waals surface area contributed by atoms with E-state index in [1.165, 1.54) is 0 Å². The predicted octanol–water partition coefficient (Wildman–Crippen LogP) is 3.86. The lowest BCUT2D eigenvalue weighted by molar-refractivity contribution is 0.340. The molecule has 3 aromatic carbocycles. The molecule has 9 heteroatoms. The number of hydrogen-bond acceptors (Lipinski definition) is 7. The first-order valence-corrected chi connectivity index (χ1v) is 11.0. The Balaban J connectivity index is 1.46. The molecule has 2 heterocycles. The molecule has 0 aliphatic rings. The van der Waals surface area contributed by atoms with Gasteiger partial charge in [0.25, 0.3) is 11.4 Å². The molecule has 176 valence electrons. The van der Waals surface area contributed by atoms with Gasteiger partial charge in [-0.15, -0.1) is 0 Å². The van der Waals surface area contributed by atoms with Crippen molar-refractivity contribution < 1.29 is 14.0 Å². The summed E-state index contributed by atoms with van der Waals surface area (Å²) in [5.41, 5.74) is 1.63. The van der Waals surface area contributed by atoms with Crippen LogP contribution in [0.25, 0.3) is 33.7 Å². The average Bonchev–Trinajstić information content (AvgIpc) is 3.37. The number of ether oxygens (including phenoxy) is 2. The number of rotatable bonds is 7. The molecule has 9 nitrogen and oxygen atoms in total. The van der Waals surface area contributed by atoms with Gasteiger partial charge in [0.1, 0.15) is 11.5 Å². The van der Waals surface area contributed by atoms with Crippen LogP contribution in [-0.2, 0) is 6.54 Å². The molecular formula is C26H22N4O5. The van der Waals surface area contributed by atoms with E-state index in [1.54, 1.807) is 37.4 Å². The topological polar surface area (TPSA) is 112 Å². The number of aromatic nitrogens is 4. The zero-order valence-electron chi connectivity index (χ0n) is 19.1. The standard InChI is InChI=1S/C26H22N4O5/c1-3-34-19-10-7-17(8-11-19)23-28-24(35-29-23)18-9-12-21-22(14-18)27-26(32)30(25(21)31)15-16-5-4-6-20(13-16)33-2/h4-14H,3,15H2,1-2H3,(H,27,32). The Morgan fingerprint density at radius 3 is 2.54 bits per heavy atom. The van der Waals surface area contributed by atoms with Crippen LogP contribution in [0, 0.1) is 0 Å². The second kappa shape index (κ2) is 9.30.